The molecular formula is C15H18N2O4. The smallest absolute Gasteiger partial charge is 0.328 e. The van der Waals surface area contributed by atoms with Gasteiger partial charge in [0.15, 0.2) is 6.10 Å². The number of aryl methyl sites for hydroxylation is 1. The van der Waals surface area contributed by atoms with E-state index in [0.29, 0.717) is 11.4 Å². The SMILES string of the molecule is Cc1ccc(OC(C)C(=O)NC2CC2)c(C=CC(=O)O)n1. The monoisotopic (exact) mass is 290 g/mol. The molecule has 6 nitrogen and oxygen atoms in total. The molecule has 0 aliphatic heterocycles. The lowest BCUT2D eigenvalue weighted by atomic mass is 10.2. The number of ether oxygens (including phenoxy) is 1. The Balaban J connectivity index is 2.10. The molecule has 1 atom stereocenters. The largest absolute Gasteiger partial charge is 0.479 e. The molecule has 1 saturated carbocycles. The first-order valence-electron chi connectivity index (χ1n) is 6.81. The number of aromatic nitrogens is 1. The van der Waals surface area contributed by atoms with Crippen molar-refractivity contribution in [3.05, 3.63) is 29.6 Å². The normalized spacial score (nSPS) is 15.7. The summed E-state index contributed by atoms with van der Waals surface area (Å²) in [5.41, 5.74) is 1.13. The van der Waals surface area contributed by atoms with E-state index in [2.05, 4.69) is 10.3 Å². The number of nitrogens with zero attached hydrogens (tertiary/aromatic N) is 1. The third kappa shape index (κ3) is 4.59. The van der Waals surface area contributed by atoms with Crippen LogP contribution in [0.5, 0.6) is 5.75 Å². The van der Waals surface area contributed by atoms with Gasteiger partial charge in [0.25, 0.3) is 5.91 Å². The van der Waals surface area contributed by atoms with E-state index in [1.54, 1.807) is 26.0 Å². The van der Waals surface area contributed by atoms with Gasteiger partial charge in [-0.05, 0) is 44.9 Å². The molecule has 1 heterocycles. The van der Waals surface area contributed by atoms with Crippen LogP contribution in [0.25, 0.3) is 6.08 Å². The van der Waals surface area contributed by atoms with Crippen molar-refractivity contribution in [1.29, 1.82) is 0 Å². The summed E-state index contributed by atoms with van der Waals surface area (Å²) in [6.07, 6.45) is 3.71. The maximum Gasteiger partial charge on any atom is 0.328 e. The molecule has 1 aliphatic rings. The van der Waals surface area contributed by atoms with Gasteiger partial charge in [-0.15, -0.1) is 0 Å². The Morgan fingerprint density at radius 1 is 1.48 bits per heavy atom. The Hall–Kier alpha value is -2.37. The number of carbonyl (C=O) groups is 2. The number of aliphatic carboxylic acids is 1. The summed E-state index contributed by atoms with van der Waals surface area (Å²) < 4.78 is 5.60. The molecule has 0 spiro atoms. The van der Waals surface area contributed by atoms with Crippen LogP contribution in [-0.4, -0.2) is 34.1 Å². The van der Waals surface area contributed by atoms with E-state index in [9.17, 15) is 9.59 Å². The molecule has 0 radical (unpaired) electrons. The molecule has 6 heteroatoms. The Labute approximate surface area is 122 Å². The zero-order valence-electron chi connectivity index (χ0n) is 12.0. The van der Waals surface area contributed by atoms with Gasteiger partial charge < -0.3 is 15.2 Å². The fourth-order valence-electron chi connectivity index (χ4n) is 1.72. The van der Waals surface area contributed by atoms with Crippen molar-refractivity contribution >= 4 is 18.0 Å². The average Bonchev–Trinajstić information content (AvgIpc) is 3.22. The van der Waals surface area contributed by atoms with Crippen LogP contribution in [0.2, 0.25) is 0 Å². The van der Waals surface area contributed by atoms with Crippen LogP contribution in [0.1, 0.15) is 31.2 Å². The summed E-state index contributed by atoms with van der Waals surface area (Å²) in [5.74, 6) is -0.855. The molecule has 1 aromatic rings. The first-order chi connectivity index (χ1) is 9.95. The molecule has 1 unspecified atom stereocenters. The van der Waals surface area contributed by atoms with Gasteiger partial charge in [0.1, 0.15) is 11.4 Å². The lowest BCUT2D eigenvalue weighted by molar-refractivity contribution is -0.131. The Morgan fingerprint density at radius 2 is 2.19 bits per heavy atom. The number of hydrogen-bond donors (Lipinski definition) is 2. The summed E-state index contributed by atoms with van der Waals surface area (Å²) in [6, 6.07) is 3.70. The summed E-state index contributed by atoms with van der Waals surface area (Å²) in [6.45, 7) is 3.45. The number of carboxylic acids is 1. The molecule has 1 aromatic heterocycles. The highest BCUT2D eigenvalue weighted by molar-refractivity contribution is 5.85. The van der Waals surface area contributed by atoms with Crippen molar-refractivity contribution < 1.29 is 19.4 Å². The fraction of sp³-hybridized carbons (Fsp3) is 0.400. The minimum atomic E-state index is -1.07. The maximum absolute atomic E-state index is 11.9. The molecule has 1 fully saturated rings. The second-order valence-corrected chi connectivity index (χ2v) is 5.05. The van der Waals surface area contributed by atoms with Gasteiger partial charge >= 0.3 is 5.97 Å². The number of pyridine rings is 1. The molecule has 0 aromatic carbocycles. The van der Waals surface area contributed by atoms with Crippen molar-refractivity contribution in [1.82, 2.24) is 10.3 Å². The molecule has 112 valence electrons. The van der Waals surface area contributed by atoms with E-state index in [0.717, 1.165) is 24.6 Å². The number of nitrogens with one attached hydrogen (secondary N) is 1. The number of carbonyl (C=O) groups excluding carboxylic acids is 1. The molecular weight excluding hydrogens is 272 g/mol. The molecule has 1 aliphatic carbocycles. The number of rotatable bonds is 6. The molecule has 0 saturated heterocycles. The lowest BCUT2D eigenvalue weighted by Crippen LogP contribution is -2.37. The van der Waals surface area contributed by atoms with Gasteiger partial charge in [-0.1, -0.05) is 0 Å². The highest BCUT2D eigenvalue weighted by Gasteiger charge is 2.26. The van der Waals surface area contributed by atoms with E-state index in [-0.39, 0.29) is 11.9 Å². The topological polar surface area (TPSA) is 88.5 Å². The van der Waals surface area contributed by atoms with E-state index < -0.39 is 12.1 Å². The quantitative estimate of drug-likeness (QED) is 0.776. The Kier molecular flexibility index (Phi) is 4.57. The molecule has 21 heavy (non-hydrogen) atoms. The van der Waals surface area contributed by atoms with Gasteiger partial charge in [-0.3, -0.25) is 4.79 Å². The first-order valence-corrected chi connectivity index (χ1v) is 6.81. The molecule has 0 bridgehead atoms. The van der Waals surface area contributed by atoms with Crippen LogP contribution >= 0.6 is 0 Å². The lowest BCUT2D eigenvalue weighted by Gasteiger charge is -2.16. The summed E-state index contributed by atoms with van der Waals surface area (Å²) in [4.78, 5) is 26.7. The standard InChI is InChI=1S/C15H18N2O4/c1-9-3-7-13(12(16-9)6-8-14(18)19)21-10(2)15(20)17-11-4-5-11/h3,6-8,10-11H,4-5H2,1-2H3,(H,17,20)(H,18,19). The predicted molar refractivity (Wildman–Crippen MR) is 76.9 cm³/mol. The van der Waals surface area contributed by atoms with E-state index in [1.807, 2.05) is 0 Å². The summed E-state index contributed by atoms with van der Waals surface area (Å²) in [5, 5.41) is 11.6. The average molecular weight is 290 g/mol. The second kappa shape index (κ2) is 6.39. The minimum Gasteiger partial charge on any atom is -0.479 e. The van der Waals surface area contributed by atoms with Crippen molar-refractivity contribution in [3.63, 3.8) is 0 Å². The number of carboxylic acid groups (broad SMARTS) is 1. The zero-order chi connectivity index (χ0) is 15.4. The van der Waals surface area contributed by atoms with Gasteiger partial charge in [0, 0.05) is 17.8 Å². The molecule has 1 amide bonds. The van der Waals surface area contributed by atoms with Gasteiger partial charge in [0.05, 0.1) is 0 Å². The molecule has 2 N–H and O–H groups in total. The van der Waals surface area contributed by atoms with Crippen molar-refractivity contribution in [2.75, 3.05) is 0 Å². The second-order valence-electron chi connectivity index (χ2n) is 5.05. The maximum atomic E-state index is 11.9. The van der Waals surface area contributed by atoms with Crippen LogP contribution in [-0.2, 0) is 9.59 Å². The van der Waals surface area contributed by atoms with Crippen LogP contribution in [0.15, 0.2) is 18.2 Å². The van der Waals surface area contributed by atoms with Crippen molar-refractivity contribution in [3.8, 4) is 5.75 Å². The van der Waals surface area contributed by atoms with Crippen LogP contribution in [0, 0.1) is 6.92 Å². The Morgan fingerprint density at radius 3 is 2.81 bits per heavy atom. The fourth-order valence-corrected chi connectivity index (χ4v) is 1.72. The minimum absolute atomic E-state index is 0.175. The summed E-state index contributed by atoms with van der Waals surface area (Å²) >= 11 is 0. The highest BCUT2D eigenvalue weighted by atomic mass is 16.5. The van der Waals surface area contributed by atoms with E-state index >= 15 is 0 Å². The van der Waals surface area contributed by atoms with Gasteiger partial charge in [-0.25, -0.2) is 9.78 Å². The number of amides is 1. The third-order valence-electron chi connectivity index (χ3n) is 3.01. The van der Waals surface area contributed by atoms with Gasteiger partial charge in [-0.2, -0.15) is 0 Å². The van der Waals surface area contributed by atoms with Crippen molar-refractivity contribution in [2.24, 2.45) is 0 Å². The predicted octanol–water partition coefficient (Wildman–Crippen LogP) is 1.53. The van der Waals surface area contributed by atoms with Crippen LogP contribution in [0.3, 0.4) is 0 Å². The van der Waals surface area contributed by atoms with Crippen LogP contribution in [0.4, 0.5) is 0 Å². The van der Waals surface area contributed by atoms with E-state index in [1.165, 1.54) is 6.08 Å². The third-order valence-corrected chi connectivity index (χ3v) is 3.01. The van der Waals surface area contributed by atoms with Crippen LogP contribution < -0.4 is 10.1 Å². The summed E-state index contributed by atoms with van der Waals surface area (Å²) in [7, 11) is 0. The molecule has 2 rings (SSSR count). The Bertz CT molecular complexity index is 579. The van der Waals surface area contributed by atoms with Crippen molar-refractivity contribution in [2.45, 2.75) is 38.8 Å². The number of hydrogen-bond acceptors (Lipinski definition) is 4. The first kappa shape index (κ1) is 15.0. The van der Waals surface area contributed by atoms with Gasteiger partial charge in [0.2, 0.25) is 0 Å². The highest BCUT2D eigenvalue weighted by Crippen LogP contribution is 2.21. The van der Waals surface area contributed by atoms with E-state index in [4.69, 9.17) is 9.84 Å². The zero-order valence-corrected chi connectivity index (χ0v) is 12.0.